The minimum Gasteiger partial charge on any atom is -0.497 e. The number of sulfonamides is 1. The number of carbonyl (C=O) groups is 2. The third-order valence-corrected chi connectivity index (χ3v) is 9.91. The Hall–Kier alpha value is -4.83. The molecule has 0 heterocycles. The molecule has 10 heteroatoms. The first-order valence-corrected chi connectivity index (χ1v) is 17.1. The highest BCUT2D eigenvalue weighted by Gasteiger charge is 2.30. The zero-order valence-corrected chi connectivity index (χ0v) is 28.3. The molecule has 1 aliphatic rings. The topological polar surface area (TPSA) is 105 Å². The van der Waals surface area contributed by atoms with Crippen molar-refractivity contribution < 1.29 is 27.5 Å². The zero-order chi connectivity index (χ0) is 33.7. The van der Waals surface area contributed by atoms with Gasteiger partial charge in [0, 0.05) is 31.9 Å². The lowest BCUT2D eigenvalue weighted by Crippen LogP contribution is -2.37. The smallest absolute Gasteiger partial charge is 0.265 e. The molecule has 1 aliphatic carbocycles. The van der Waals surface area contributed by atoms with Gasteiger partial charge in [0.25, 0.3) is 15.9 Å². The lowest BCUT2D eigenvalue weighted by molar-refractivity contribution is -0.133. The fraction of sp³-hybridized carbons (Fsp3) is 0.297. The molecular weight excluding hydrogens is 614 g/mol. The van der Waals surface area contributed by atoms with E-state index in [2.05, 4.69) is 4.72 Å². The van der Waals surface area contributed by atoms with Crippen LogP contribution in [0.15, 0.2) is 89.8 Å². The van der Waals surface area contributed by atoms with Crippen molar-refractivity contribution in [1.29, 1.82) is 0 Å². The van der Waals surface area contributed by atoms with E-state index in [-0.39, 0.29) is 34.9 Å². The maximum Gasteiger partial charge on any atom is 0.265 e. The number of likely N-dealkylation sites (N-methyl/N-ethyl adjacent to an activating group) is 1. The molecule has 0 saturated carbocycles. The Labute approximate surface area is 277 Å². The number of hydrogen-bond acceptors (Lipinski definition) is 6. The fourth-order valence-electron chi connectivity index (χ4n) is 6.16. The molecule has 1 atom stereocenters. The van der Waals surface area contributed by atoms with Gasteiger partial charge in [-0.1, -0.05) is 36.4 Å². The van der Waals surface area contributed by atoms with Gasteiger partial charge in [0.1, 0.15) is 16.4 Å². The summed E-state index contributed by atoms with van der Waals surface area (Å²) in [6.07, 6.45) is 2.81. The van der Waals surface area contributed by atoms with Crippen molar-refractivity contribution in [2.75, 3.05) is 39.6 Å². The van der Waals surface area contributed by atoms with E-state index in [9.17, 15) is 18.0 Å². The number of amides is 2. The molecule has 2 amide bonds. The zero-order valence-electron chi connectivity index (χ0n) is 27.4. The predicted molar refractivity (Wildman–Crippen MR) is 183 cm³/mol. The average Bonchev–Trinajstić information content (AvgIpc) is 3.08. The molecule has 0 saturated heterocycles. The van der Waals surface area contributed by atoms with Gasteiger partial charge in [-0.25, -0.2) is 8.42 Å². The summed E-state index contributed by atoms with van der Waals surface area (Å²) in [6.45, 7) is 2.49. The van der Waals surface area contributed by atoms with E-state index in [0.29, 0.717) is 34.7 Å². The minimum atomic E-state index is -4.10. The van der Waals surface area contributed by atoms with E-state index in [1.54, 1.807) is 63.7 Å². The standard InChI is InChI=1S/C37H41N3O6S/c1-6-40(36(41)21-25-10-7-14-31(20-25)45-4)33-15-9-11-26-16-18-30(24-32(26)33)38-47(43,44)35-23-28(17-19-34(35)46-5)27-12-8-13-29(22-27)37(42)39(2)3/h7-8,10,12-14,16-20,22-24,33,38H,6,9,11,15,21H2,1-5H3. The fourth-order valence-corrected chi connectivity index (χ4v) is 7.40. The maximum atomic E-state index is 13.9. The molecule has 47 heavy (non-hydrogen) atoms. The Morgan fingerprint density at radius 3 is 2.38 bits per heavy atom. The van der Waals surface area contributed by atoms with E-state index in [4.69, 9.17) is 9.47 Å². The second-order valence-electron chi connectivity index (χ2n) is 11.8. The van der Waals surface area contributed by atoms with Crippen LogP contribution in [-0.2, 0) is 27.7 Å². The molecule has 0 aromatic heterocycles. The minimum absolute atomic E-state index is 0.00230. The van der Waals surface area contributed by atoms with Crippen LogP contribution in [0.4, 0.5) is 5.69 Å². The van der Waals surface area contributed by atoms with Crippen molar-refractivity contribution in [2.24, 2.45) is 0 Å². The van der Waals surface area contributed by atoms with Crippen molar-refractivity contribution in [3.05, 3.63) is 107 Å². The number of aryl methyl sites for hydroxylation is 1. The van der Waals surface area contributed by atoms with Crippen LogP contribution in [0.5, 0.6) is 11.5 Å². The maximum absolute atomic E-state index is 13.9. The second-order valence-corrected chi connectivity index (χ2v) is 13.4. The van der Waals surface area contributed by atoms with Crippen LogP contribution in [-0.4, -0.2) is 64.9 Å². The monoisotopic (exact) mass is 655 g/mol. The molecule has 0 spiro atoms. The molecular formula is C37H41N3O6S. The number of nitrogens with one attached hydrogen (secondary N) is 1. The van der Waals surface area contributed by atoms with Gasteiger partial charge in [-0.05, 0) is 103 Å². The van der Waals surface area contributed by atoms with E-state index >= 15 is 0 Å². The lowest BCUT2D eigenvalue weighted by Gasteiger charge is -2.36. The van der Waals surface area contributed by atoms with Gasteiger partial charge < -0.3 is 19.3 Å². The first-order valence-electron chi connectivity index (χ1n) is 15.6. The van der Waals surface area contributed by atoms with Crippen LogP contribution < -0.4 is 14.2 Å². The third-order valence-electron chi connectivity index (χ3n) is 8.51. The number of rotatable bonds is 11. The highest BCUT2D eigenvalue weighted by molar-refractivity contribution is 7.92. The van der Waals surface area contributed by atoms with Gasteiger partial charge in [0.05, 0.1) is 26.7 Å². The number of carbonyl (C=O) groups excluding carboxylic acids is 2. The summed E-state index contributed by atoms with van der Waals surface area (Å²) >= 11 is 0. The number of fused-ring (bicyclic) bond motifs is 1. The molecule has 246 valence electrons. The van der Waals surface area contributed by atoms with Crippen molar-refractivity contribution in [3.8, 4) is 22.6 Å². The molecule has 5 rings (SSSR count). The molecule has 1 unspecified atom stereocenters. The first kappa shape index (κ1) is 33.5. The number of ether oxygens (including phenoxy) is 2. The number of benzene rings is 4. The molecule has 0 fully saturated rings. The Morgan fingerprint density at radius 1 is 0.894 bits per heavy atom. The number of methoxy groups -OCH3 is 2. The van der Waals surface area contributed by atoms with Gasteiger partial charge in [-0.3, -0.25) is 14.3 Å². The molecule has 0 aliphatic heterocycles. The van der Waals surface area contributed by atoms with E-state index in [1.807, 2.05) is 54.3 Å². The highest BCUT2D eigenvalue weighted by atomic mass is 32.2. The van der Waals surface area contributed by atoms with Crippen molar-refractivity contribution in [2.45, 2.75) is 43.5 Å². The third kappa shape index (κ3) is 7.44. The molecule has 4 aromatic rings. The Kier molecular flexibility index (Phi) is 10.2. The first-order chi connectivity index (χ1) is 22.5. The van der Waals surface area contributed by atoms with Crippen molar-refractivity contribution in [3.63, 3.8) is 0 Å². The summed E-state index contributed by atoms with van der Waals surface area (Å²) in [5, 5.41) is 0. The molecule has 0 bridgehead atoms. The molecule has 9 nitrogen and oxygen atoms in total. The Balaban J connectivity index is 1.43. The largest absolute Gasteiger partial charge is 0.497 e. The van der Waals surface area contributed by atoms with Crippen molar-refractivity contribution >= 4 is 27.5 Å². The summed E-state index contributed by atoms with van der Waals surface area (Å²) in [7, 11) is 2.29. The van der Waals surface area contributed by atoms with Gasteiger partial charge in [-0.15, -0.1) is 0 Å². The normalized spacial score (nSPS) is 14.1. The van der Waals surface area contributed by atoms with Gasteiger partial charge >= 0.3 is 0 Å². The predicted octanol–water partition coefficient (Wildman–Crippen LogP) is 6.34. The van der Waals surface area contributed by atoms with Crippen LogP contribution >= 0.6 is 0 Å². The van der Waals surface area contributed by atoms with Crippen molar-refractivity contribution in [1.82, 2.24) is 9.80 Å². The summed E-state index contributed by atoms with van der Waals surface area (Å²) in [6, 6.07) is 24.9. The molecule has 0 radical (unpaired) electrons. The van der Waals surface area contributed by atoms with Crippen LogP contribution in [0.3, 0.4) is 0 Å². The van der Waals surface area contributed by atoms with E-state index in [1.165, 1.54) is 12.0 Å². The summed E-state index contributed by atoms with van der Waals surface area (Å²) in [5.74, 6) is 0.748. The SMILES string of the molecule is CCN(C(=O)Cc1cccc(OC)c1)C1CCCc2ccc(NS(=O)(=O)c3cc(-c4cccc(C(=O)N(C)C)c4)ccc3OC)cc21. The Morgan fingerprint density at radius 2 is 1.66 bits per heavy atom. The second kappa shape index (κ2) is 14.3. The summed E-state index contributed by atoms with van der Waals surface area (Å²) < 4.78 is 41.4. The number of nitrogens with zero attached hydrogens (tertiary/aromatic N) is 2. The van der Waals surface area contributed by atoms with Gasteiger partial charge in [-0.2, -0.15) is 0 Å². The van der Waals surface area contributed by atoms with E-state index < -0.39 is 10.0 Å². The quantitative estimate of drug-likeness (QED) is 0.202. The summed E-state index contributed by atoms with van der Waals surface area (Å²) in [5.41, 5.74) is 5.14. The number of anilines is 1. The van der Waals surface area contributed by atoms with Crippen LogP contribution in [0.1, 0.15) is 52.9 Å². The highest BCUT2D eigenvalue weighted by Crippen LogP contribution is 2.38. The summed E-state index contributed by atoms with van der Waals surface area (Å²) in [4.78, 5) is 29.5. The molecule has 4 aromatic carbocycles. The van der Waals surface area contributed by atoms with Gasteiger partial charge in [0.2, 0.25) is 5.91 Å². The molecule has 1 N–H and O–H groups in total. The Bertz CT molecular complexity index is 1890. The average molecular weight is 656 g/mol. The van der Waals surface area contributed by atoms with Gasteiger partial charge in [0.15, 0.2) is 0 Å². The van der Waals surface area contributed by atoms with Crippen LogP contribution in [0.2, 0.25) is 0 Å². The lowest BCUT2D eigenvalue weighted by atomic mass is 9.86. The van der Waals surface area contributed by atoms with E-state index in [0.717, 1.165) is 36.0 Å². The van der Waals surface area contributed by atoms with Crippen LogP contribution in [0, 0.1) is 0 Å². The number of hydrogen-bond donors (Lipinski definition) is 1. The van der Waals surface area contributed by atoms with Crippen LogP contribution in [0.25, 0.3) is 11.1 Å².